The Morgan fingerprint density at radius 2 is 1.59 bits per heavy atom. The van der Waals surface area contributed by atoms with Gasteiger partial charge in [-0.15, -0.1) is 0 Å². The highest BCUT2D eigenvalue weighted by molar-refractivity contribution is 9.10. The molecule has 5 rings (SSSR count). The van der Waals surface area contributed by atoms with Gasteiger partial charge in [0, 0.05) is 10.0 Å². The van der Waals surface area contributed by atoms with Crippen molar-refractivity contribution in [3.63, 3.8) is 0 Å². The molecule has 7 heteroatoms. The zero-order valence-corrected chi connectivity index (χ0v) is 15.9. The normalized spacial score (nSPS) is 34.1. The van der Waals surface area contributed by atoms with Crippen LogP contribution in [0.5, 0.6) is 0 Å². The molecule has 0 spiro atoms. The standard InChI is InChI=1S/C20H15BrN2O4/c1-19-14-15(17(25)23(16(14)24)13-5-3-2-4-6-13)20(27-19,22-18(19)26)11-7-9-12(21)10-8-11/h2-10,14-15H,1H3,(H,22,26)/t14-,15+,19-,20+/m1/s1. The van der Waals surface area contributed by atoms with E-state index in [1.165, 1.54) is 4.90 Å². The van der Waals surface area contributed by atoms with Crippen LogP contribution in [-0.2, 0) is 24.8 Å². The van der Waals surface area contributed by atoms with Crippen LogP contribution in [0.2, 0.25) is 0 Å². The van der Waals surface area contributed by atoms with E-state index in [2.05, 4.69) is 21.2 Å². The number of benzene rings is 2. The van der Waals surface area contributed by atoms with Crippen molar-refractivity contribution in [2.45, 2.75) is 18.2 Å². The molecule has 3 amide bonds. The molecule has 2 bridgehead atoms. The molecule has 136 valence electrons. The first-order valence-corrected chi connectivity index (χ1v) is 9.39. The summed E-state index contributed by atoms with van der Waals surface area (Å²) in [4.78, 5) is 40.4. The van der Waals surface area contributed by atoms with Gasteiger partial charge >= 0.3 is 0 Å². The fourth-order valence-electron chi connectivity index (χ4n) is 4.52. The fourth-order valence-corrected chi connectivity index (χ4v) is 4.78. The van der Waals surface area contributed by atoms with Crippen molar-refractivity contribution in [3.8, 4) is 0 Å². The summed E-state index contributed by atoms with van der Waals surface area (Å²) in [5.41, 5.74) is -1.57. The first-order valence-electron chi connectivity index (χ1n) is 8.60. The summed E-state index contributed by atoms with van der Waals surface area (Å²) < 4.78 is 7.00. The number of ether oxygens (including phenoxy) is 1. The first kappa shape index (κ1) is 16.6. The number of hydrogen-bond donors (Lipinski definition) is 1. The van der Waals surface area contributed by atoms with Crippen LogP contribution < -0.4 is 10.2 Å². The molecular formula is C20H15BrN2O4. The first-order chi connectivity index (χ1) is 12.9. The third-order valence-corrected chi connectivity index (χ3v) is 6.28. The molecule has 0 aromatic heterocycles. The van der Waals surface area contributed by atoms with Crippen molar-refractivity contribution in [2.24, 2.45) is 11.8 Å². The molecule has 1 N–H and O–H groups in total. The van der Waals surface area contributed by atoms with E-state index < -0.39 is 29.1 Å². The van der Waals surface area contributed by atoms with Crippen LogP contribution in [0.15, 0.2) is 59.1 Å². The van der Waals surface area contributed by atoms with Crippen LogP contribution in [0, 0.1) is 11.8 Å². The van der Waals surface area contributed by atoms with Crippen LogP contribution in [0.25, 0.3) is 0 Å². The number of carbonyl (C=O) groups is 3. The largest absolute Gasteiger partial charge is 0.334 e. The second-order valence-electron chi connectivity index (χ2n) is 7.21. The molecule has 2 aromatic rings. The summed E-state index contributed by atoms with van der Waals surface area (Å²) in [5.74, 6) is -2.80. The number of hydrogen-bond acceptors (Lipinski definition) is 4. The molecule has 3 heterocycles. The molecule has 27 heavy (non-hydrogen) atoms. The molecule has 6 nitrogen and oxygen atoms in total. The fraction of sp³-hybridized carbons (Fsp3) is 0.250. The number of carbonyl (C=O) groups excluding carboxylic acids is 3. The zero-order valence-electron chi connectivity index (χ0n) is 14.3. The lowest BCUT2D eigenvalue weighted by molar-refractivity contribution is -0.140. The topological polar surface area (TPSA) is 75.7 Å². The Hall–Kier alpha value is -2.51. The summed E-state index contributed by atoms with van der Waals surface area (Å²) >= 11 is 3.39. The highest BCUT2D eigenvalue weighted by Crippen LogP contribution is 2.59. The summed E-state index contributed by atoms with van der Waals surface area (Å²) in [6.07, 6.45) is 0. The van der Waals surface area contributed by atoms with E-state index >= 15 is 0 Å². The number of nitrogens with zero attached hydrogens (tertiary/aromatic N) is 1. The van der Waals surface area contributed by atoms with Gasteiger partial charge in [0.25, 0.3) is 5.91 Å². The number of fused-ring (bicyclic) bond motifs is 5. The number of halogens is 1. The summed E-state index contributed by atoms with van der Waals surface area (Å²) in [5, 5.41) is 2.86. The molecule has 3 saturated heterocycles. The summed E-state index contributed by atoms with van der Waals surface area (Å²) in [6.45, 7) is 1.59. The lowest BCUT2D eigenvalue weighted by Crippen LogP contribution is -2.55. The minimum atomic E-state index is -1.38. The van der Waals surface area contributed by atoms with Crippen LogP contribution in [0.3, 0.4) is 0 Å². The third-order valence-electron chi connectivity index (χ3n) is 5.75. The molecule has 0 unspecified atom stereocenters. The minimum Gasteiger partial charge on any atom is -0.334 e. The summed E-state index contributed by atoms with van der Waals surface area (Å²) in [7, 11) is 0. The Labute approximate surface area is 163 Å². The van der Waals surface area contributed by atoms with Crippen LogP contribution >= 0.6 is 15.9 Å². The van der Waals surface area contributed by atoms with Crippen LogP contribution in [0.1, 0.15) is 12.5 Å². The van der Waals surface area contributed by atoms with Gasteiger partial charge in [-0.3, -0.25) is 14.4 Å². The lowest BCUT2D eigenvalue weighted by Gasteiger charge is -2.32. The second kappa shape index (κ2) is 5.27. The minimum absolute atomic E-state index is 0.358. The summed E-state index contributed by atoms with van der Waals surface area (Å²) in [6, 6.07) is 16.0. The monoisotopic (exact) mass is 426 g/mol. The molecule has 4 atom stereocenters. The Balaban J connectivity index is 1.68. The molecule has 3 aliphatic heterocycles. The number of imide groups is 1. The average Bonchev–Trinajstić information content (AvgIpc) is 3.19. The van der Waals surface area contributed by atoms with Crippen molar-refractivity contribution < 1.29 is 19.1 Å². The van der Waals surface area contributed by atoms with E-state index in [-0.39, 0.29) is 11.8 Å². The molecule has 2 aromatic carbocycles. The SMILES string of the molecule is C[C@]12O[C@](c3ccc(Br)cc3)(NC1=O)[C@@H]1C(=O)N(c3ccccc3)C(=O)[C@@H]12. The van der Waals surface area contributed by atoms with Gasteiger partial charge in [0.2, 0.25) is 11.8 Å². The second-order valence-corrected chi connectivity index (χ2v) is 8.12. The van der Waals surface area contributed by atoms with E-state index in [9.17, 15) is 14.4 Å². The van der Waals surface area contributed by atoms with Gasteiger partial charge in [-0.25, -0.2) is 4.90 Å². The average molecular weight is 427 g/mol. The predicted octanol–water partition coefficient (Wildman–Crippen LogP) is 2.33. The Bertz CT molecular complexity index is 993. The molecule has 3 fully saturated rings. The van der Waals surface area contributed by atoms with Gasteiger partial charge in [0.05, 0.1) is 11.6 Å². The highest BCUT2D eigenvalue weighted by atomic mass is 79.9. The number of nitrogens with one attached hydrogen (secondary N) is 1. The number of rotatable bonds is 2. The maximum Gasteiger partial charge on any atom is 0.255 e. The van der Waals surface area contributed by atoms with E-state index in [4.69, 9.17) is 4.74 Å². The maximum atomic E-state index is 13.3. The van der Waals surface area contributed by atoms with E-state index in [1.807, 2.05) is 18.2 Å². The molecule has 0 saturated carbocycles. The smallest absolute Gasteiger partial charge is 0.255 e. The number of piperidine rings is 1. The van der Waals surface area contributed by atoms with Crippen LogP contribution in [0.4, 0.5) is 5.69 Å². The van der Waals surface area contributed by atoms with Gasteiger partial charge in [-0.2, -0.15) is 0 Å². The lowest BCUT2D eigenvalue weighted by atomic mass is 9.74. The van der Waals surface area contributed by atoms with Gasteiger partial charge < -0.3 is 10.1 Å². The quantitative estimate of drug-likeness (QED) is 0.747. The van der Waals surface area contributed by atoms with E-state index in [1.54, 1.807) is 43.3 Å². The zero-order chi connectivity index (χ0) is 19.0. The van der Waals surface area contributed by atoms with E-state index in [0.717, 1.165) is 4.47 Å². The molecular weight excluding hydrogens is 412 g/mol. The van der Waals surface area contributed by atoms with Crippen molar-refractivity contribution in [1.82, 2.24) is 5.32 Å². The number of amides is 3. The number of anilines is 1. The predicted molar refractivity (Wildman–Crippen MR) is 99.4 cm³/mol. The van der Waals surface area contributed by atoms with Gasteiger partial charge in [-0.05, 0) is 31.2 Å². The van der Waals surface area contributed by atoms with Gasteiger partial charge in [0.15, 0.2) is 11.3 Å². The number of para-hydroxylation sites is 1. The van der Waals surface area contributed by atoms with Gasteiger partial charge in [0.1, 0.15) is 5.92 Å². The van der Waals surface area contributed by atoms with E-state index in [0.29, 0.717) is 11.3 Å². The third kappa shape index (κ3) is 1.96. The van der Waals surface area contributed by atoms with Crippen molar-refractivity contribution in [3.05, 3.63) is 64.6 Å². The molecule has 0 aliphatic carbocycles. The van der Waals surface area contributed by atoms with Crippen molar-refractivity contribution in [1.29, 1.82) is 0 Å². The Morgan fingerprint density at radius 1 is 0.963 bits per heavy atom. The Kier molecular flexibility index (Phi) is 3.25. The van der Waals surface area contributed by atoms with Crippen molar-refractivity contribution >= 4 is 39.3 Å². The Morgan fingerprint density at radius 3 is 2.26 bits per heavy atom. The molecule has 3 aliphatic rings. The van der Waals surface area contributed by atoms with Crippen molar-refractivity contribution in [2.75, 3.05) is 4.90 Å². The van der Waals surface area contributed by atoms with Gasteiger partial charge in [-0.1, -0.05) is 46.3 Å². The molecule has 0 radical (unpaired) electrons. The maximum absolute atomic E-state index is 13.3. The van der Waals surface area contributed by atoms with Crippen LogP contribution in [-0.4, -0.2) is 23.3 Å². The highest BCUT2D eigenvalue weighted by Gasteiger charge is 2.78.